The number of aryl methyl sites for hydroxylation is 1. The summed E-state index contributed by atoms with van der Waals surface area (Å²) in [6, 6.07) is 10.6. The summed E-state index contributed by atoms with van der Waals surface area (Å²) >= 11 is 0. The third kappa shape index (κ3) is 7.06. The van der Waals surface area contributed by atoms with Crippen LogP contribution >= 0.6 is 12.4 Å². The molecule has 40 heavy (non-hydrogen) atoms. The Labute approximate surface area is 234 Å². The number of anilines is 1. The number of piperazine rings is 1. The number of alkyl halides is 6. The Balaban J connectivity index is 0.00000441. The first-order valence-corrected chi connectivity index (χ1v) is 12.3. The first-order chi connectivity index (χ1) is 18.2. The molecule has 0 spiro atoms. The van der Waals surface area contributed by atoms with Crippen molar-refractivity contribution in [2.45, 2.75) is 25.8 Å². The molecule has 0 aliphatic carbocycles. The number of likely N-dealkylation sites (N-methyl/N-ethyl adjacent to an activating group) is 1. The van der Waals surface area contributed by atoms with Gasteiger partial charge < -0.3 is 14.7 Å². The number of hydrogen-bond donors (Lipinski definition) is 0. The second kappa shape index (κ2) is 12.1. The minimum atomic E-state index is -4.97. The van der Waals surface area contributed by atoms with Crippen LogP contribution in [0.2, 0.25) is 0 Å². The summed E-state index contributed by atoms with van der Waals surface area (Å²) in [4.78, 5) is 23.5. The van der Waals surface area contributed by atoms with Gasteiger partial charge in [-0.25, -0.2) is 4.98 Å². The first-order valence-electron chi connectivity index (χ1n) is 12.3. The van der Waals surface area contributed by atoms with Crippen LogP contribution in [0.15, 0.2) is 54.7 Å². The molecule has 0 atom stereocenters. The molecule has 1 saturated heterocycles. The summed E-state index contributed by atoms with van der Waals surface area (Å²) in [5, 5.41) is 0. The minimum Gasteiger partial charge on any atom is -0.354 e. The molecule has 0 bridgehead atoms. The zero-order valence-electron chi connectivity index (χ0n) is 22.1. The van der Waals surface area contributed by atoms with Gasteiger partial charge in [-0.2, -0.15) is 26.3 Å². The van der Waals surface area contributed by atoms with Crippen molar-refractivity contribution < 1.29 is 31.1 Å². The molecule has 1 fully saturated rings. The predicted molar refractivity (Wildman–Crippen MR) is 144 cm³/mol. The fourth-order valence-electron chi connectivity index (χ4n) is 4.58. The van der Waals surface area contributed by atoms with E-state index in [9.17, 15) is 31.1 Å². The molecule has 1 amide bonds. The van der Waals surface area contributed by atoms with Crippen molar-refractivity contribution in [2.24, 2.45) is 0 Å². The number of hydrogen-bond acceptors (Lipinski definition) is 4. The number of pyridine rings is 1. The van der Waals surface area contributed by atoms with Crippen LogP contribution in [-0.4, -0.2) is 61.0 Å². The second-order valence-electron chi connectivity index (χ2n) is 9.77. The van der Waals surface area contributed by atoms with Gasteiger partial charge in [-0.05, 0) is 60.5 Å². The zero-order valence-corrected chi connectivity index (χ0v) is 22.9. The van der Waals surface area contributed by atoms with Crippen LogP contribution in [0, 0.1) is 6.92 Å². The van der Waals surface area contributed by atoms with Crippen molar-refractivity contribution in [3.05, 3.63) is 82.5 Å². The van der Waals surface area contributed by atoms with Crippen LogP contribution in [0.4, 0.5) is 32.2 Å². The molecular formula is C28H29ClF6N4O. The van der Waals surface area contributed by atoms with Crippen LogP contribution in [0.5, 0.6) is 0 Å². The van der Waals surface area contributed by atoms with E-state index in [4.69, 9.17) is 0 Å². The van der Waals surface area contributed by atoms with Crippen LogP contribution in [0.25, 0.3) is 11.1 Å². The van der Waals surface area contributed by atoms with E-state index in [-0.39, 0.29) is 29.6 Å². The number of halogens is 7. The lowest BCUT2D eigenvalue weighted by molar-refractivity contribution is -0.143. The van der Waals surface area contributed by atoms with Gasteiger partial charge in [0.25, 0.3) is 5.91 Å². The Morgan fingerprint density at radius 3 is 2.02 bits per heavy atom. The minimum absolute atomic E-state index is 0. The van der Waals surface area contributed by atoms with Crippen molar-refractivity contribution in [3.63, 3.8) is 0 Å². The summed E-state index contributed by atoms with van der Waals surface area (Å²) in [6.45, 7) is 4.63. The van der Waals surface area contributed by atoms with E-state index in [1.165, 1.54) is 13.2 Å². The van der Waals surface area contributed by atoms with Crippen molar-refractivity contribution in [3.8, 4) is 11.1 Å². The Morgan fingerprint density at radius 1 is 0.900 bits per heavy atom. The maximum absolute atomic E-state index is 13.6. The Morgan fingerprint density at radius 2 is 1.48 bits per heavy atom. The van der Waals surface area contributed by atoms with Gasteiger partial charge in [0.1, 0.15) is 5.82 Å². The van der Waals surface area contributed by atoms with Gasteiger partial charge in [-0.3, -0.25) is 4.79 Å². The van der Waals surface area contributed by atoms with Gasteiger partial charge in [0, 0.05) is 46.0 Å². The topological polar surface area (TPSA) is 39.7 Å². The second-order valence-corrected chi connectivity index (χ2v) is 9.77. The van der Waals surface area contributed by atoms with Crippen LogP contribution in [0.1, 0.15) is 32.6 Å². The number of aromatic nitrogens is 1. The molecule has 1 aromatic heterocycles. The van der Waals surface area contributed by atoms with Gasteiger partial charge >= 0.3 is 12.4 Å². The molecule has 3 aromatic rings. The molecule has 0 saturated carbocycles. The van der Waals surface area contributed by atoms with Crippen LogP contribution < -0.4 is 4.90 Å². The summed E-state index contributed by atoms with van der Waals surface area (Å²) in [7, 11) is 3.37. The Bertz CT molecular complexity index is 1320. The third-order valence-electron chi connectivity index (χ3n) is 6.80. The average molecular weight is 587 g/mol. The quantitative estimate of drug-likeness (QED) is 0.318. The monoisotopic (exact) mass is 586 g/mol. The molecule has 0 N–H and O–H groups in total. The SMILES string of the molecule is Cc1ccccc1-c1cc(N2CCN(C)CC2)ncc1C(=O)N(C)Cc1cc(C(F)(F)F)cc(C(F)(F)F)c1.Cl. The third-order valence-corrected chi connectivity index (χ3v) is 6.80. The molecule has 12 heteroatoms. The van der Waals surface area contributed by atoms with Gasteiger partial charge in [0.2, 0.25) is 0 Å². The number of carbonyl (C=O) groups excluding carboxylic acids is 1. The predicted octanol–water partition coefficient (Wildman–Crippen LogP) is 6.54. The maximum Gasteiger partial charge on any atom is 0.416 e. The lowest BCUT2D eigenvalue weighted by Crippen LogP contribution is -2.44. The molecule has 5 nitrogen and oxygen atoms in total. The Hall–Kier alpha value is -3.31. The van der Waals surface area contributed by atoms with Crippen molar-refractivity contribution in [2.75, 3.05) is 45.2 Å². The highest BCUT2D eigenvalue weighted by molar-refractivity contribution is 6.01. The fourth-order valence-corrected chi connectivity index (χ4v) is 4.58. The Kier molecular flexibility index (Phi) is 9.41. The lowest BCUT2D eigenvalue weighted by atomic mass is 9.96. The van der Waals surface area contributed by atoms with Crippen LogP contribution in [0.3, 0.4) is 0 Å². The van der Waals surface area contributed by atoms with Crippen molar-refractivity contribution in [1.82, 2.24) is 14.8 Å². The van der Waals surface area contributed by atoms with Gasteiger partial charge in [0.15, 0.2) is 0 Å². The zero-order chi connectivity index (χ0) is 28.5. The molecule has 4 rings (SSSR count). The summed E-state index contributed by atoms with van der Waals surface area (Å²) in [6.07, 6.45) is -8.51. The normalized spacial score (nSPS) is 14.6. The molecule has 0 radical (unpaired) electrons. The van der Waals surface area contributed by atoms with E-state index in [1.54, 1.807) is 0 Å². The summed E-state index contributed by atoms with van der Waals surface area (Å²) < 4.78 is 80.0. The van der Waals surface area contributed by atoms with E-state index < -0.39 is 35.9 Å². The van der Waals surface area contributed by atoms with E-state index in [0.29, 0.717) is 23.5 Å². The standard InChI is InChI=1S/C28H28F6N4O.ClH/c1-18-6-4-5-7-22(18)23-15-25(38-10-8-36(2)9-11-38)35-16-24(23)26(39)37(3)17-19-12-20(27(29,30)31)14-21(13-19)28(32,33)34;/h4-7,12-16H,8-11,17H2,1-3H3;1H. The molecule has 1 aliphatic rings. The molecule has 1 aliphatic heterocycles. The first kappa shape index (κ1) is 31.2. The van der Waals surface area contributed by atoms with Crippen molar-refractivity contribution >= 4 is 24.1 Å². The number of amides is 1. The number of nitrogens with zero attached hydrogens (tertiary/aromatic N) is 4. The largest absolute Gasteiger partial charge is 0.416 e. The van der Waals surface area contributed by atoms with Gasteiger partial charge in [-0.15, -0.1) is 12.4 Å². The highest BCUT2D eigenvalue weighted by Gasteiger charge is 2.37. The molecular weight excluding hydrogens is 558 g/mol. The number of carbonyl (C=O) groups is 1. The molecule has 2 aromatic carbocycles. The molecule has 2 heterocycles. The van der Waals surface area contributed by atoms with Gasteiger partial charge in [-0.1, -0.05) is 24.3 Å². The summed E-state index contributed by atoms with van der Waals surface area (Å²) in [5.41, 5.74) is -0.657. The fraction of sp³-hybridized carbons (Fsp3) is 0.357. The number of rotatable bonds is 5. The molecule has 0 unspecified atom stereocenters. The average Bonchev–Trinajstić information content (AvgIpc) is 2.87. The van der Waals surface area contributed by atoms with Crippen molar-refractivity contribution in [1.29, 1.82) is 0 Å². The smallest absolute Gasteiger partial charge is 0.354 e. The van der Waals surface area contributed by atoms with E-state index in [2.05, 4.69) is 14.8 Å². The van der Waals surface area contributed by atoms with E-state index in [1.807, 2.05) is 44.3 Å². The van der Waals surface area contributed by atoms with E-state index >= 15 is 0 Å². The maximum atomic E-state index is 13.6. The van der Waals surface area contributed by atoms with E-state index in [0.717, 1.165) is 42.2 Å². The highest BCUT2D eigenvalue weighted by atomic mass is 35.5. The number of benzene rings is 2. The highest BCUT2D eigenvalue weighted by Crippen LogP contribution is 2.37. The van der Waals surface area contributed by atoms with Gasteiger partial charge in [0.05, 0.1) is 16.7 Å². The van der Waals surface area contributed by atoms with Crippen LogP contribution in [-0.2, 0) is 18.9 Å². The lowest BCUT2D eigenvalue weighted by Gasteiger charge is -2.33. The molecule has 216 valence electrons. The summed E-state index contributed by atoms with van der Waals surface area (Å²) in [5.74, 6) is 0.116.